The molecule has 162 valence electrons. The molecule has 0 aliphatic rings. The molecule has 7 nitrogen and oxygen atoms in total. The summed E-state index contributed by atoms with van der Waals surface area (Å²) in [5, 5.41) is 9.71. The van der Waals surface area contributed by atoms with Gasteiger partial charge >= 0.3 is 11.9 Å². The Morgan fingerprint density at radius 2 is 1.47 bits per heavy atom. The highest BCUT2D eigenvalue weighted by atomic mass is 16.5. The van der Waals surface area contributed by atoms with Gasteiger partial charge in [-0.1, -0.05) is 60.7 Å². The van der Waals surface area contributed by atoms with Crippen molar-refractivity contribution in [2.45, 2.75) is 20.0 Å². The number of ether oxygens (including phenoxy) is 1. The minimum atomic E-state index is -1.32. The van der Waals surface area contributed by atoms with Gasteiger partial charge in [0.1, 0.15) is 16.6 Å². The fourth-order valence-corrected chi connectivity index (χ4v) is 4.00. The molecule has 0 saturated carbocycles. The first kappa shape index (κ1) is 21.1. The van der Waals surface area contributed by atoms with E-state index >= 15 is 0 Å². The molecule has 0 aliphatic heterocycles. The molecule has 0 bridgehead atoms. The van der Waals surface area contributed by atoms with Crippen LogP contribution in [0.4, 0.5) is 0 Å². The summed E-state index contributed by atoms with van der Waals surface area (Å²) in [5.41, 5.74) is 2.16. The molecule has 0 aliphatic carbocycles. The summed E-state index contributed by atoms with van der Waals surface area (Å²) >= 11 is 0. The molecule has 2 aromatic heterocycles. The highest BCUT2D eigenvalue weighted by molar-refractivity contribution is 6.05. The number of rotatable bonds is 6. The van der Waals surface area contributed by atoms with Gasteiger partial charge in [0.25, 0.3) is 0 Å². The normalized spacial score (nSPS) is 10.9. The van der Waals surface area contributed by atoms with Gasteiger partial charge in [-0.25, -0.2) is 9.59 Å². The number of hydrogen-bond acceptors (Lipinski definition) is 4. The molecule has 7 heteroatoms. The fourth-order valence-electron chi connectivity index (χ4n) is 4.00. The lowest BCUT2D eigenvalue weighted by Crippen LogP contribution is -2.21. The first-order chi connectivity index (χ1) is 15.4. The van der Waals surface area contributed by atoms with E-state index in [1.807, 2.05) is 60.7 Å². The van der Waals surface area contributed by atoms with Crippen LogP contribution in [0.25, 0.3) is 11.0 Å². The number of aromatic nitrogens is 2. The number of aromatic carboxylic acids is 1. The zero-order chi connectivity index (χ0) is 22.8. The number of carboxylic acids is 1. The van der Waals surface area contributed by atoms with Crippen molar-refractivity contribution in [3.63, 3.8) is 0 Å². The Bertz CT molecular complexity index is 1370. The van der Waals surface area contributed by atoms with Crippen molar-refractivity contribution in [3.05, 3.63) is 105 Å². The van der Waals surface area contributed by atoms with Gasteiger partial charge in [0, 0.05) is 25.0 Å². The summed E-state index contributed by atoms with van der Waals surface area (Å²) in [6, 6.07) is 18.9. The number of pyridine rings is 1. The molecule has 0 spiro atoms. The van der Waals surface area contributed by atoms with E-state index < -0.39 is 17.4 Å². The van der Waals surface area contributed by atoms with Crippen LogP contribution in [0.1, 0.15) is 37.5 Å². The van der Waals surface area contributed by atoms with Gasteiger partial charge in [-0.3, -0.25) is 4.79 Å². The molecule has 0 fully saturated rings. The van der Waals surface area contributed by atoms with Crippen molar-refractivity contribution in [1.82, 2.24) is 9.13 Å². The molecule has 0 atom stereocenters. The maximum atomic E-state index is 13.3. The van der Waals surface area contributed by atoms with E-state index in [0.717, 1.165) is 11.1 Å². The monoisotopic (exact) mass is 430 g/mol. The number of carbonyl (C=O) groups excluding carboxylic acids is 1. The second kappa shape index (κ2) is 8.55. The lowest BCUT2D eigenvalue weighted by atomic mass is 10.1. The van der Waals surface area contributed by atoms with E-state index in [-0.39, 0.29) is 23.2 Å². The van der Waals surface area contributed by atoms with Crippen molar-refractivity contribution < 1.29 is 19.4 Å². The maximum Gasteiger partial charge on any atom is 0.341 e. The summed E-state index contributed by atoms with van der Waals surface area (Å²) in [4.78, 5) is 38.0. The first-order valence-corrected chi connectivity index (χ1v) is 10.1. The van der Waals surface area contributed by atoms with Crippen LogP contribution in [0.15, 0.2) is 71.7 Å². The van der Waals surface area contributed by atoms with Crippen molar-refractivity contribution >= 4 is 23.0 Å². The molecule has 2 aromatic carbocycles. The third kappa shape index (κ3) is 3.69. The Hall–Kier alpha value is -4.13. The molecular weight excluding hydrogens is 408 g/mol. The average Bonchev–Trinajstić information content (AvgIpc) is 3.09. The molecule has 4 rings (SSSR count). The standard InChI is InChI=1S/C25H22N2O5/c1-16-20(25(31)32-2)21-22(27(16)14-18-11-7-4-8-12-18)23(28)19(24(29)30)15-26(21)13-17-9-5-3-6-10-17/h3-12,15H,13-14H2,1-2H3,(H,29,30). The van der Waals surface area contributed by atoms with Gasteiger partial charge in [0.2, 0.25) is 5.43 Å². The van der Waals surface area contributed by atoms with Crippen LogP contribution in [-0.2, 0) is 17.8 Å². The quantitative estimate of drug-likeness (QED) is 0.471. The number of hydrogen-bond donors (Lipinski definition) is 1. The van der Waals surface area contributed by atoms with Crippen molar-refractivity contribution in [2.24, 2.45) is 0 Å². The van der Waals surface area contributed by atoms with Crippen LogP contribution in [0.3, 0.4) is 0 Å². The van der Waals surface area contributed by atoms with Crippen LogP contribution in [0.5, 0.6) is 0 Å². The Morgan fingerprint density at radius 1 is 0.906 bits per heavy atom. The van der Waals surface area contributed by atoms with Crippen LogP contribution >= 0.6 is 0 Å². The molecule has 32 heavy (non-hydrogen) atoms. The number of carboxylic acid groups (broad SMARTS) is 1. The smallest absolute Gasteiger partial charge is 0.341 e. The number of benzene rings is 2. The SMILES string of the molecule is COC(=O)c1c(C)n(Cc2ccccc2)c2c(=O)c(C(=O)O)cn(Cc3ccccc3)c12. The second-order valence-electron chi connectivity index (χ2n) is 7.51. The maximum absolute atomic E-state index is 13.3. The Labute approximate surface area is 184 Å². The molecule has 0 radical (unpaired) electrons. The summed E-state index contributed by atoms with van der Waals surface area (Å²) in [7, 11) is 1.29. The largest absolute Gasteiger partial charge is 0.477 e. The topological polar surface area (TPSA) is 90.5 Å². The molecule has 0 saturated heterocycles. The minimum absolute atomic E-state index is 0.169. The number of fused-ring (bicyclic) bond motifs is 1. The van der Waals surface area contributed by atoms with Crippen molar-refractivity contribution in [1.29, 1.82) is 0 Å². The Kier molecular flexibility index (Phi) is 5.64. The summed E-state index contributed by atoms with van der Waals surface area (Å²) in [6.45, 7) is 2.34. The average molecular weight is 430 g/mol. The molecule has 0 amide bonds. The van der Waals surface area contributed by atoms with Gasteiger partial charge in [-0.15, -0.1) is 0 Å². The van der Waals surface area contributed by atoms with E-state index in [1.54, 1.807) is 16.1 Å². The first-order valence-electron chi connectivity index (χ1n) is 10.1. The third-order valence-corrected chi connectivity index (χ3v) is 5.53. The Morgan fingerprint density at radius 3 is 2.00 bits per heavy atom. The number of nitrogens with zero attached hydrogens (tertiary/aromatic N) is 2. The fraction of sp³-hybridized carbons (Fsp3) is 0.160. The van der Waals surface area contributed by atoms with E-state index in [1.165, 1.54) is 13.3 Å². The van der Waals surface area contributed by atoms with Crippen molar-refractivity contribution in [2.75, 3.05) is 7.11 Å². The van der Waals surface area contributed by atoms with Crippen molar-refractivity contribution in [3.8, 4) is 0 Å². The highest BCUT2D eigenvalue weighted by Crippen LogP contribution is 2.27. The zero-order valence-corrected chi connectivity index (χ0v) is 17.7. The zero-order valence-electron chi connectivity index (χ0n) is 17.7. The van der Waals surface area contributed by atoms with E-state index in [4.69, 9.17) is 4.74 Å². The number of carbonyl (C=O) groups is 2. The van der Waals surface area contributed by atoms with E-state index in [0.29, 0.717) is 17.8 Å². The lowest BCUT2D eigenvalue weighted by Gasteiger charge is -2.13. The van der Waals surface area contributed by atoms with E-state index in [9.17, 15) is 19.5 Å². The molecule has 4 aromatic rings. The van der Waals surface area contributed by atoms with Crippen LogP contribution in [0, 0.1) is 6.92 Å². The third-order valence-electron chi connectivity index (χ3n) is 5.53. The lowest BCUT2D eigenvalue weighted by molar-refractivity contribution is 0.0600. The molecular formula is C25H22N2O5. The Balaban J connectivity index is 2.08. The summed E-state index contributed by atoms with van der Waals surface area (Å²) < 4.78 is 8.38. The highest BCUT2D eigenvalue weighted by Gasteiger charge is 2.27. The second-order valence-corrected chi connectivity index (χ2v) is 7.51. The molecule has 0 unspecified atom stereocenters. The minimum Gasteiger partial charge on any atom is -0.477 e. The molecule has 2 heterocycles. The van der Waals surface area contributed by atoms with Gasteiger partial charge < -0.3 is 19.0 Å². The van der Waals surface area contributed by atoms with Crippen LogP contribution in [-0.4, -0.2) is 33.3 Å². The number of esters is 1. The van der Waals surface area contributed by atoms with Crippen LogP contribution < -0.4 is 5.43 Å². The number of methoxy groups -OCH3 is 1. The van der Waals surface area contributed by atoms with E-state index in [2.05, 4.69) is 0 Å². The summed E-state index contributed by atoms with van der Waals surface area (Å²) in [5.74, 6) is -1.90. The van der Waals surface area contributed by atoms with Gasteiger partial charge in [-0.05, 0) is 18.1 Å². The predicted octanol–water partition coefficient (Wildman–Crippen LogP) is 3.69. The van der Waals surface area contributed by atoms with Crippen LogP contribution in [0.2, 0.25) is 0 Å². The molecule has 1 N–H and O–H groups in total. The summed E-state index contributed by atoms with van der Waals surface area (Å²) in [6.07, 6.45) is 1.30. The van der Waals surface area contributed by atoms with Gasteiger partial charge in [-0.2, -0.15) is 0 Å². The predicted molar refractivity (Wildman–Crippen MR) is 120 cm³/mol. The van der Waals surface area contributed by atoms with Gasteiger partial charge in [0.05, 0.1) is 12.6 Å². The van der Waals surface area contributed by atoms with Gasteiger partial charge in [0.15, 0.2) is 0 Å².